The Kier molecular flexibility index (Phi) is 6.67. The lowest BCUT2D eigenvalue weighted by Gasteiger charge is -2.23. The highest BCUT2D eigenvalue weighted by molar-refractivity contribution is 7.92. The van der Waals surface area contributed by atoms with Gasteiger partial charge in [-0.2, -0.15) is 0 Å². The van der Waals surface area contributed by atoms with E-state index in [4.69, 9.17) is 11.6 Å². The van der Waals surface area contributed by atoms with Crippen molar-refractivity contribution in [1.82, 2.24) is 5.32 Å². The molecule has 0 aliphatic heterocycles. The first kappa shape index (κ1) is 20.3. The van der Waals surface area contributed by atoms with Crippen molar-refractivity contribution in [3.63, 3.8) is 0 Å². The highest BCUT2D eigenvalue weighted by atomic mass is 35.5. The molecule has 2 rings (SSSR count). The third-order valence-corrected chi connectivity index (χ3v) is 5.65. The van der Waals surface area contributed by atoms with E-state index in [1.54, 1.807) is 18.2 Å². The fourth-order valence-electron chi connectivity index (χ4n) is 2.49. The number of anilines is 1. The summed E-state index contributed by atoms with van der Waals surface area (Å²) in [5.41, 5.74) is 2.32. The van der Waals surface area contributed by atoms with E-state index in [-0.39, 0.29) is 18.4 Å². The topological polar surface area (TPSA) is 66.5 Å². The highest BCUT2D eigenvalue weighted by Gasteiger charge is 2.21. The second kappa shape index (κ2) is 8.56. The Morgan fingerprint density at radius 1 is 1.19 bits per heavy atom. The van der Waals surface area contributed by atoms with Crippen LogP contribution in [0.15, 0.2) is 48.5 Å². The van der Waals surface area contributed by atoms with Crippen LogP contribution < -0.4 is 9.62 Å². The minimum absolute atomic E-state index is 0.126. The van der Waals surface area contributed by atoms with Crippen molar-refractivity contribution in [1.29, 1.82) is 0 Å². The Bertz CT molecular complexity index is 870. The monoisotopic (exact) mass is 394 g/mol. The maximum Gasteiger partial charge on any atom is 0.240 e. The van der Waals surface area contributed by atoms with Crippen molar-refractivity contribution in [3.8, 4) is 0 Å². The molecule has 0 saturated carbocycles. The number of carbonyl (C=O) groups is 1. The average molecular weight is 395 g/mol. The molecule has 0 aliphatic carbocycles. The van der Waals surface area contributed by atoms with Crippen LogP contribution in [0.1, 0.15) is 24.0 Å². The van der Waals surface area contributed by atoms with Crippen molar-refractivity contribution in [2.45, 2.75) is 19.8 Å². The van der Waals surface area contributed by atoms with Gasteiger partial charge < -0.3 is 5.32 Å². The number of nitrogens with zero attached hydrogens (tertiary/aromatic N) is 1. The van der Waals surface area contributed by atoms with Crippen LogP contribution in [0.5, 0.6) is 0 Å². The Hall–Kier alpha value is -2.05. The SMILES string of the molecule is Cc1ccc(N(CC(=O)NC[C@H](C)c2ccccc2)S(C)(=O)=O)cc1Cl. The van der Waals surface area contributed by atoms with Crippen LogP contribution in [0.3, 0.4) is 0 Å². The molecule has 2 aromatic carbocycles. The number of aryl methyl sites for hydroxylation is 1. The largest absolute Gasteiger partial charge is 0.354 e. The molecule has 0 unspecified atom stereocenters. The summed E-state index contributed by atoms with van der Waals surface area (Å²) in [7, 11) is -3.62. The molecule has 0 radical (unpaired) electrons. The molecule has 0 bridgehead atoms. The van der Waals surface area contributed by atoms with Crippen molar-refractivity contribution in [2.75, 3.05) is 23.7 Å². The van der Waals surface area contributed by atoms with Crippen LogP contribution >= 0.6 is 11.6 Å². The van der Waals surface area contributed by atoms with Gasteiger partial charge in [0.1, 0.15) is 6.54 Å². The smallest absolute Gasteiger partial charge is 0.240 e. The fourth-order valence-corrected chi connectivity index (χ4v) is 3.51. The van der Waals surface area contributed by atoms with Crippen LogP contribution in [0.25, 0.3) is 0 Å². The molecule has 0 aliphatic rings. The van der Waals surface area contributed by atoms with Crippen molar-refractivity contribution in [3.05, 3.63) is 64.7 Å². The molecule has 0 heterocycles. The van der Waals surface area contributed by atoms with Gasteiger partial charge in [0, 0.05) is 11.6 Å². The van der Waals surface area contributed by atoms with E-state index in [0.717, 1.165) is 21.7 Å². The lowest BCUT2D eigenvalue weighted by atomic mass is 10.0. The quantitative estimate of drug-likeness (QED) is 0.783. The summed E-state index contributed by atoms with van der Waals surface area (Å²) in [6, 6.07) is 14.7. The molecule has 2 aromatic rings. The van der Waals surface area contributed by atoms with Gasteiger partial charge >= 0.3 is 0 Å². The Balaban J connectivity index is 2.06. The fraction of sp³-hybridized carbons (Fsp3) is 0.316. The number of sulfonamides is 1. The second-order valence-corrected chi connectivity index (χ2v) is 8.63. The summed E-state index contributed by atoms with van der Waals surface area (Å²) in [6.45, 7) is 3.97. The standard InChI is InChI=1S/C19H23ClN2O3S/c1-14-9-10-17(11-18(14)20)22(26(3,24)25)13-19(23)21-12-15(2)16-7-5-4-6-8-16/h4-11,15H,12-13H2,1-3H3,(H,21,23)/t15-/m0/s1. The molecule has 0 aromatic heterocycles. The summed E-state index contributed by atoms with van der Waals surface area (Å²) in [4.78, 5) is 12.3. The van der Waals surface area contributed by atoms with E-state index in [9.17, 15) is 13.2 Å². The van der Waals surface area contributed by atoms with Gasteiger partial charge in [-0.1, -0.05) is 54.9 Å². The third kappa shape index (κ3) is 5.47. The Morgan fingerprint density at radius 2 is 1.85 bits per heavy atom. The van der Waals surface area contributed by atoms with Gasteiger partial charge in [-0.15, -0.1) is 0 Å². The maximum absolute atomic E-state index is 12.3. The first-order chi connectivity index (χ1) is 12.2. The molecular weight excluding hydrogens is 372 g/mol. The molecule has 0 saturated heterocycles. The van der Waals surface area contributed by atoms with Gasteiger partial charge in [-0.25, -0.2) is 8.42 Å². The first-order valence-electron chi connectivity index (χ1n) is 8.24. The third-order valence-electron chi connectivity index (χ3n) is 4.10. The molecule has 1 atom stereocenters. The van der Waals surface area contributed by atoms with Gasteiger partial charge in [0.15, 0.2) is 0 Å². The van der Waals surface area contributed by atoms with Crippen LogP contribution in [-0.2, 0) is 14.8 Å². The van der Waals surface area contributed by atoms with E-state index < -0.39 is 10.0 Å². The van der Waals surface area contributed by atoms with Crippen LogP contribution in [-0.4, -0.2) is 33.7 Å². The van der Waals surface area contributed by atoms with E-state index in [0.29, 0.717) is 17.3 Å². The lowest BCUT2D eigenvalue weighted by molar-refractivity contribution is -0.119. The zero-order valence-corrected chi connectivity index (χ0v) is 16.6. The lowest BCUT2D eigenvalue weighted by Crippen LogP contribution is -2.41. The van der Waals surface area contributed by atoms with Gasteiger partial charge in [-0.05, 0) is 36.1 Å². The van der Waals surface area contributed by atoms with Crippen molar-refractivity contribution >= 4 is 33.2 Å². The average Bonchev–Trinajstić information content (AvgIpc) is 2.60. The number of hydrogen-bond acceptors (Lipinski definition) is 3. The number of carbonyl (C=O) groups excluding carboxylic acids is 1. The zero-order chi connectivity index (χ0) is 19.3. The summed E-state index contributed by atoms with van der Waals surface area (Å²) in [5.74, 6) is -0.240. The Labute approximate surface area is 160 Å². The number of halogens is 1. The van der Waals surface area contributed by atoms with Crippen molar-refractivity contribution in [2.24, 2.45) is 0 Å². The summed E-state index contributed by atoms with van der Waals surface area (Å²) < 4.78 is 25.3. The van der Waals surface area contributed by atoms with E-state index in [2.05, 4.69) is 5.32 Å². The second-order valence-electron chi connectivity index (χ2n) is 6.32. The summed E-state index contributed by atoms with van der Waals surface area (Å²) in [6.07, 6.45) is 1.07. The highest BCUT2D eigenvalue weighted by Crippen LogP contribution is 2.24. The maximum atomic E-state index is 12.3. The molecule has 1 amide bonds. The zero-order valence-electron chi connectivity index (χ0n) is 15.1. The van der Waals surface area contributed by atoms with E-state index in [1.165, 1.54) is 0 Å². The van der Waals surface area contributed by atoms with Crippen molar-refractivity contribution < 1.29 is 13.2 Å². The van der Waals surface area contributed by atoms with Crippen LogP contribution in [0.4, 0.5) is 5.69 Å². The van der Waals surface area contributed by atoms with Crippen LogP contribution in [0.2, 0.25) is 5.02 Å². The van der Waals surface area contributed by atoms with Gasteiger partial charge in [0.2, 0.25) is 15.9 Å². The molecule has 1 N–H and O–H groups in total. The van der Waals surface area contributed by atoms with Crippen LogP contribution in [0, 0.1) is 6.92 Å². The minimum Gasteiger partial charge on any atom is -0.354 e. The number of benzene rings is 2. The normalized spacial score (nSPS) is 12.5. The predicted octanol–water partition coefficient (Wildman–Crippen LogP) is 3.33. The van der Waals surface area contributed by atoms with Gasteiger partial charge in [0.25, 0.3) is 0 Å². The number of amides is 1. The molecule has 26 heavy (non-hydrogen) atoms. The predicted molar refractivity (Wildman–Crippen MR) is 106 cm³/mol. The van der Waals surface area contributed by atoms with Gasteiger partial charge in [0.05, 0.1) is 11.9 Å². The summed E-state index contributed by atoms with van der Waals surface area (Å²) >= 11 is 6.09. The first-order valence-corrected chi connectivity index (χ1v) is 10.5. The number of rotatable bonds is 7. The minimum atomic E-state index is -3.62. The Morgan fingerprint density at radius 3 is 2.42 bits per heavy atom. The van der Waals surface area contributed by atoms with Gasteiger partial charge in [-0.3, -0.25) is 9.10 Å². The molecule has 5 nitrogen and oxygen atoms in total. The number of nitrogens with one attached hydrogen (secondary N) is 1. The number of hydrogen-bond donors (Lipinski definition) is 1. The molecular formula is C19H23ClN2O3S. The molecule has 140 valence electrons. The molecule has 7 heteroatoms. The van der Waals surface area contributed by atoms with E-state index >= 15 is 0 Å². The van der Waals surface area contributed by atoms with E-state index in [1.807, 2.05) is 44.2 Å². The molecule has 0 spiro atoms. The summed E-state index contributed by atoms with van der Waals surface area (Å²) in [5, 5.41) is 3.25. The molecule has 0 fully saturated rings.